The molecule has 0 aromatic heterocycles. The Morgan fingerprint density at radius 3 is 1.81 bits per heavy atom. The molecule has 0 atom stereocenters. The molecule has 0 N–H and O–H groups in total. The van der Waals surface area contributed by atoms with E-state index in [1.54, 1.807) is 0 Å². The number of allylic oxidation sites excluding steroid dienone is 2. The van der Waals surface area contributed by atoms with Crippen LogP contribution in [-0.2, 0) is 0 Å². The summed E-state index contributed by atoms with van der Waals surface area (Å²) in [5.74, 6) is 0. The van der Waals surface area contributed by atoms with E-state index in [0.717, 1.165) is 0 Å². The van der Waals surface area contributed by atoms with Crippen LogP contribution in [0.1, 0.15) is 0 Å². The van der Waals surface area contributed by atoms with Gasteiger partial charge >= 0.3 is 129 Å². The summed E-state index contributed by atoms with van der Waals surface area (Å²) in [5, 5.41) is 2.68. The predicted molar refractivity (Wildman–Crippen MR) is 89.7 cm³/mol. The van der Waals surface area contributed by atoms with Gasteiger partial charge in [0.1, 0.15) is 0 Å². The average molecular weight is 327 g/mol. The van der Waals surface area contributed by atoms with Gasteiger partial charge in [-0.05, 0) is 0 Å². The quantitative estimate of drug-likeness (QED) is 0.729. The molecule has 0 fully saturated rings. The summed E-state index contributed by atoms with van der Waals surface area (Å²) >= 11 is -2.04. The summed E-state index contributed by atoms with van der Waals surface area (Å²) < 4.78 is 6.64. The molecular weight excluding hydrogens is 314 g/mol. The van der Waals surface area contributed by atoms with Crippen LogP contribution in [-0.4, -0.2) is 16.7 Å². The number of hydrogen-bond donors (Lipinski definition) is 0. The number of nitrogens with zero attached hydrogens (tertiary/aromatic N) is 2. The van der Waals surface area contributed by atoms with Gasteiger partial charge in [-0.3, -0.25) is 0 Å². The Kier molecular flexibility index (Phi) is 2.31. The SMILES string of the molecule is C1=C[N]2c3c4c(ccc3=C1)=CC=C[N]4[Ga]2[c]1ccccc1. The first kappa shape index (κ1) is 11.5. The zero-order chi connectivity index (χ0) is 13.8. The molecule has 3 aliphatic rings. The Labute approximate surface area is 129 Å². The van der Waals surface area contributed by atoms with Gasteiger partial charge in [-0.2, -0.15) is 0 Å². The van der Waals surface area contributed by atoms with Crippen molar-refractivity contribution in [3.63, 3.8) is 0 Å². The van der Waals surface area contributed by atoms with Crippen LogP contribution < -0.4 is 21.8 Å². The molecular formula is C18H13GaN2. The molecule has 3 aliphatic heterocycles. The van der Waals surface area contributed by atoms with Crippen molar-refractivity contribution in [1.29, 1.82) is 0 Å². The second-order valence-corrected chi connectivity index (χ2v) is 10.9. The molecule has 98 valence electrons. The van der Waals surface area contributed by atoms with Gasteiger partial charge in [0.2, 0.25) is 0 Å². The van der Waals surface area contributed by atoms with Crippen molar-refractivity contribution in [3.05, 3.63) is 77.5 Å². The molecule has 0 spiro atoms. The van der Waals surface area contributed by atoms with E-state index in [4.69, 9.17) is 0 Å². The summed E-state index contributed by atoms with van der Waals surface area (Å²) in [7, 11) is 0. The maximum absolute atomic E-state index is 2.57. The third-order valence-electron chi connectivity index (χ3n) is 4.40. The minimum absolute atomic E-state index is 1.34. The molecule has 3 heterocycles. The summed E-state index contributed by atoms with van der Waals surface area (Å²) in [5.41, 5.74) is 2.81. The van der Waals surface area contributed by atoms with Crippen molar-refractivity contribution >= 4 is 44.3 Å². The van der Waals surface area contributed by atoms with E-state index in [-0.39, 0.29) is 0 Å². The van der Waals surface area contributed by atoms with Crippen LogP contribution in [0.25, 0.3) is 12.2 Å². The molecule has 21 heavy (non-hydrogen) atoms. The topological polar surface area (TPSA) is 6.48 Å². The fourth-order valence-electron chi connectivity index (χ4n) is 3.54. The fourth-order valence-corrected chi connectivity index (χ4v) is 9.90. The molecule has 0 unspecified atom stereocenters. The van der Waals surface area contributed by atoms with Crippen LogP contribution in [0.3, 0.4) is 0 Å². The van der Waals surface area contributed by atoms with E-state index in [0.29, 0.717) is 0 Å². The summed E-state index contributed by atoms with van der Waals surface area (Å²) in [6.45, 7) is 0. The first-order valence-electron chi connectivity index (χ1n) is 7.25. The van der Waals surface area contributed by atoms with Gasteiger partial charge in [0.15, 0.2) is 0 Å². The normalized spacial score (nSPS) is 16.7. The molecule has 2 aromatic rings. The zero-order valence-corrected chi connectivity index (χ0v) is 13.9. The van der Waals surface area contributed by atoms with Gasteiger partial charge in [0.05, 0.1) is 0 Å². The molecule has 0 amide bonds. The predicted octanol–water partition coefficient (Wildman–Crippen LogP) is 1.32. The molecule has 5 rings (SSSR count). The number of anilines is 2. The van der Waals surface area contributed by atoms with Crippen LogP contribution in [0.5, 0.6) is 0 Å². The van der Waals surface area contributed by atoms with Gasteiger partial charge in [0.25, 0.3) is 0 Å². The molecule has 0 saturated carbocycles. The molecule has 0 radical (unpaired) electrons. The van der Waals surface area contributed by atoms with Gasteiger partial charge in [-0.1, -0.05) is 0 Å². The Hall–Kier alpha value is -2.10. The first-order chi connectivity index (χ1) is 10.4. The second-order valence-electron chi connectivity index (χ2n) is 5.56. The summed E-state index contributed by atoms with van der Waals surface area (Å²) in [6, 6.07) is 15.5. The maximum atomic E-state index is 2.57. The van der Waals surface area contributed by atoms with E-state index in [1.165, 1.54) is 25.9 Å². The molecule has 0 bridgehead atoms. The van der Waals surface area contributed by atoms with Crippen LogP contribution in [0.4, 0.5) is 11.4 Å². The van der Waals surface area contributed by atoms with Gasteiger partial charge < -0.3 is 0 Å². The molecule has 2 aromatic carbocycles. The monoisotopic (exact) mass is 326 g/mol. The summed E-state index contributed by atoms with van der Waals surface area (Å²) in [4.78, 5) is 0. The summed E-state index contributed by atoms with van der Waals surface area (Å²) in [6.07, 6.45) is 13.3. The third-order valence-corrected chi connectivity index (χ3v) is 10.5. The Morgan fingerprint density at radius 2 is 1.24 bits per heavy atom. The zero-order valence-electron chi connectivity index (χ0n) is 11.5. The van der Waals surface area contributed by atoms with Crippen molar-refractivity contribution in [2.24, 2.45) is 0 Å². The first-order valence-corrected chi connectivity index (χ1v) is 10.6. The van der Waals surface area contributed by atoms with Gasteiger partial charge in [-0.25, -0.2) is 0 Å². The van der Waals surface area contributed by atoms with Gasteiger partial charge in [0, 0.05) is 0 Å². The van der Waals surface area contributed by atoms with Gasteiger partial charge in [-0.15, -0.1) is 0 Å². The van der Waals surface area contributed by atoms with Crippen molar-refractivity contribution in [3.8, 4) is 0 Å². The van der Waals surface area contributed by atoms with Crippen LogP contribution in [0.15, 0.2) is 67.0 Å². The van der Waals surface area contributed by atoms with E-state index in [1.807, 2.05) is 0 Å². The molecule has 0 aliphatic carbocycles. The van der Waals surface area contributed by atoms with Crippen molar-refractivity contribution in [2.75, 3.05) is 7.21 Å². The molecule has 0 saturated heterocycles. The number of benzene rings is 2. The minimum atomic E-state index is -2.04. The standard InChI is InChI=1S/C12H8N2.C6H5.Ga/c1-3-9-5-6-10-4-2-8-14-12(10)11(9)13-7-1;1-2-4-6-5-3-1;/h1-8H;1-5H;/q-2;;+2. The van der Waals surface area contributed by atoms with Crippen molar-refractivity contribution in [2.45, 2.75) is 0 Å². The second kappa shape index (κ2) is 4.20. The molecule has 2 nitrogen and oxygen atoms in total. The van der Waals surface area contributed by atoms with Crippen LogP contribution in [0.2, 0.25) is 0 Å². The van der Waals surface area contributed by atoms with Crippen molar-refractivity contribution in [1.82, 2.24) is 0 Å². The van der Waals surface area contributed by atoms with Crippen LogP contribution >= 0.6 is 0 Å². The molecule has 3 heteroatoms. The Morgan fingerprint density at radius 1 is 0.667 bits per heavy atom. The average Bonchev–Trinajstić information content (AvgIpc) is 2.90. The van der Waals surface area contributed by atoms with E-state index >= 15 is 0 Å². The fraction of sp³-hybridized carbons (Fsp3) is 0. The van der Waals surface area contributed by atoms with E-state index < -0.39 is 16.7 Å². The van der Waals surface area contributed by atoms with Crippen LogP contribution in [0, 0.1) is 0 Å². The van der Waals surface area contributed by atoms with E-state index in [9.17, 15) is 0 Å². The van der Waals surface area contributed by atoms with Crippen molar-refractivity contribution < 1.29 is 0 Å². The number of rotatable bonds is 1. The van der Waals surface area contributed by atoms with E-state index in [2.05, 4.69) is 86.4 Å². The Bertz CT molecular complexity index is 855. The third kappa shape index (κ3) is 1.50. The Balaban J connectivity index is 1.84. The number of hydrogen-bond acceptors (Lipinski definition) is 2.